The van der Waals surface area contributed by atoms with Crippen LogP contribution in [0.25, 0.3) is 22.0 Å². The first-order chi connectivity index (χ1) is 16.4. The summed E-state index contributed by atoms with van der Waals surface area (Å²) in [5.74, 6) is 0.678. The maximum absolute atomic E-state index is 13.2. The van der Waals surface area contributed by atoms with Crippen LogP contribution in [-0.4, -0.2) is 42.5 Å². The summed E-state index contributed by atoms with van der Waals surface area (Å²) in [7, 11) is 4.51. The standard InChI is InChI=1S/C23H20FN3O6S/c1-12-20(34-22(25-12)13-5-7-15(24)8-6-13)23(28)32-11-18-26-27-21(33-18)14-9-16(29-2)19(31-4)17(10-14)30-3/h5-10H,11H2,1-4H3. The number of aryl methyl sites for hydroxylation is 1. The number of hydrogen-bond donors (Lipinski definition) is 0. The lowest BCUT2D eigenvalue weighted by Gasteiger charge is -2.12. The minimum atomic E-state index is -0.573. The monoisotopic (exact) mass is 485 g/mol. The third-order valence-corrected chi connectivity index (χ3v) is 5.96. The quantitative estimate of drug-likeness (QED) is 0.329. The van der Waals surface area contributed by atoms with Gasteiger partial charge in [0.2, 0.25) is 11.6 Å². The number of carbonyl (C=O) groups excluding carboxylic acids is 1. The second-order valence-electron chi connectivity index (χ2n) is 6.93. The lowest BCUT2D eigenvalue weighted by Crippen LogP contribution is -2.05. The fourth-order valence-electron chi connectivity index (χ4n) is 3.13. The van der Waals surface area contributed by atoms with Gasteiger partial charge in [-0.15, -0.1) is 21.5 Å². The maximum atomic E-state index is 13.2. The van der Waals surface area contributed by atoms with E-state index < -0.39 is 5.97 Å². The number of benzene rings is 2. The van der Waals surface area contributed by atoms with E-state index in [0.717, 1.165) is 11.3 Å². The predicted octanol–water partition coefficient (Wildman–Crippen LogP) is 4.69. The van der Waals surface area contributed by atoms with Gasteiger partial charge in [-0.05, 0) is 43.3 Å². The summed E-state index contributed by atoms with van der Waals surface area (Å²) in [6, 6.07) is 9.22. The van der Waals surface area contributed by atoms with Crippen LogP contribution in [0.15, 0.2) is 40.8 Å². The van der Waals surface area contributed by atoms with Gasteiger partial charge in [-0.25, -0.2) is 14.2 Å². The van der Waals surface area contributed by atoms with Crippen LogP contribution in [0.4, 0.5) is 4.39 Å². The fraction of sp³-hybridized carbons (Fsp3) is 0.217. The highest BCUT2D eigenvalue weighted by Gasteiger charge is 2.20. The van der Waals surface area contributed by atoms with Gasteiger partial charge in [-0.3, -0.25) is 0 Å². The Morgan fingerprint density at radius 3 is 2.29 bits per heavy atom. The molecule has 0 aliphatic rings. The number of aromatic nitrogens is 3. The number of nitrogens with zero attached hydrogens (tertiary/aromatic N) is 3. The van der Waals surface area contributed by atoms with Crippen molar-refractivity contribution < 1.29 is 32.5 Å². The first-order valence-corrected chi connectivity index (χ1v) is 10.8. The molecule has 2 aromatic heterocycles. The molecule has 4 aromatic rings. The van der Waals surface area contributed by atoms with Crippen LogP contribution in [0.2, 0.25) is 0 Å². The molecule has 2 aromatic carbocycles. The van der Waals surface area contributed by atoms with E-state index in [4.69, 9.17) is 23.4 Å². The molecule has 176 valence electrons. The van der Waals surface area contributed by atoms with Crippen molar-refractivity contribution >= 4 is 17.3 Å². The fourth-order valence-corrected chi connectivity index (χ4v) is 4.09. The molecule has 0 bridgehead atoms. The first-order valence-electron chi connectivity index (χ1n) is 9.96. The van der Waals surface area contributed by atoms with E-state index in [1.54, 1.807) is 31.2 Å². The first kappa shape index (κ1) is 23.2. The molecule has 0 atom stereocenters. The van der Waals surface area contributed by atoms with Gasteiger partial charge in [0.15, 0.2) is 18.1 Å². The number of carbonyl (C=O) groups is 1. The Kier molecular flexibility index (Phi) is 6.73. The number of esters is 1. The van der Waals surface area contributed by atoms with Crippen molar-refractivity contribution in [3.8, 4) is 39.3 Å². The molecular formula is C23H20FN3O6S. The van der Waals surface area contributed by atoms with Crippen LogP contribution < -0.4 is 14.2 Å². The molecule has 0 N–H and O–H groups in total. The molecule has 0 aliphatic carbocycles. The molecule has 0 spiro atoms. The topological polar surface area (TPSA) is 106 Å². The summed E-state index contributed by atoms with van der Waals surface area (Å²) in [4.78, 5) is 17.3. The van der Waals surface area contributed by atoms with E-state index in [1.807, 2.05) is 0 Å². The Balaban J connectivity index is 1.48. The third-order valence-electron chi connectivity index (χ3n) is 4.78. The molecule has 4 rings (SSSR count). The molecule has 0 saturated carbocycles. The summed E-state index contributed by atoms with van der Waals surface area (Å²) in [5, 5.41) is 8.54. The van der Waals surface area contributed by atoms with Gasteiger partial charge in [0.25, 0.3) is 5.89 Å². The zero-order chi connectivity index (χ0) is 24.2. The minimum absolute atomic E-state index is 0.109. The van der Waals surface area contributed by atoms with Gasteiger partial charge in [-0.1, -0.05) is 0 Å². The molecule has 0 radical (unpaired) electrons. The van der Waals surface area contributed by atoms with Gasteiger partial charge >= 0.3 is 5.97 Å². The smallest absolute Gasteiger partial charge is 0.350 e. The van der Waals surface area contributed by atoms with Gasteiger partial charge < -0.3 is 23.4 Å². The summed E-state index contributed by atoms with van der Waals surface area (Å²) in [5.41, 5.74) is 1.76. The predicted molar refractivity (Wildman–Crippen MR) is 121 cm³/mol. The second-order valence-corrected chi connectivity index (χ2v) is 7.93. The second kappa shape index (κ2) is 9.87. The summed E-state index contributed by atoms with van der Waals surface area (Å²) in [6.07, 6.45) is 0. The zero-order valence-electron chi connectivity index (χ0n) is 18.7. The van der Waals surface area contributed by atoms with Gasteiger partial charge in [0.1, 0.15) is 15.7 Å². The van der Waals surface area contributed by atoms with E-state index in [0.29, 0.717) is 44.0 Å². The van der Waals surface area contributed by atoms with Crippen molar-refractivity contribution in [3.05, 3.63) is 58.7 Å². The molecule has 0 aliphatic heterocycles. The van der Waals surface area contributed by atoms with Crippen LogP contribution in [-0.2, 0) is 11.3 Å². The average Bonchev–Trinajstić information content (AvgIpc) is 3.49. The van der Waals surface area contributed by atoms with E-state index in [9.17, 15) is 9.18 Å². The molecule has 0 saturated heterocycles. The highest BCUT2D eigenvalue weighted by atomic mass is 32.1. The van der Waals surface area contributed by atoms with E-state index in [2.05, 4.69) is 15.2 Å². The van der Waals surface area contributed by atoms with Gasteiger partial charge in [0, 0.05) is 11.1 Å². The molecule has 0 amide bonds. The molecule has 34 heavy (non-hydrogen) atoms. The van der Waals surface area contributed by atoms with Crippen molar-refractivity contribution in [1.29, 1.82) is 0 Å². The Morgan fingerprint density at radius 1 is 1.00 bits per heavy atom. The van der Waals surface area contributed by atoms with Crippen LogP contribution >= 0.6 is 11.3 Å². The Labute approximate surface area is 198 Å². The summed E-state index contributed by atoms with van der Waals surface area (Å²) >= 11 is 1.16. The van der Waals surface area contributed by atoms with Crippen molar-refractivity contribution in [1.82, 2.24) is 15.2 Å². The van der Waals surface area contributed by atoms with Crippen LogP contribution in [0.3, 0.4) is 0 Å². The SMILES string of the molecule is COc1cc(-c2nnc(COC(=O)c3sc(-c4ccc(F)cc4)nc3C)o2)cc(OC)c1OC. The Morgan fingerprint density at radius 2 is 1.68 bits per heavy atom. The van der Waals surface area contributed by atoms with Crippen LogP contribution in [0.5, 0.6) is 17.2 Å². The number of thiazole rings is 1. The highest BCUT2D eigenvalue weighted by Crippen LogP contribution is 2.41. The lowest BCUT2D eigenvalue weighted by atomic mass is 10.2. The molecule has 9 nitrogen and oxygen atoms in total. The van der Waals surface area contributed by atoms with Crippen LogP contribution in [0, 0.1) is 12.7 Å². The summed E-state index contributed by atoms with van der Waals surface area (Å²) < 4.78 is 40.1. The molecule has 0 unspecified atom stereocenters. The highest BCUT2D eigenvalue weighted by molar-refractivity contribution is 7.17. The number of halogens is 1. The van der Waals surface area contributed by atoms with E-state index in [1.165, 1.54) is 33.5 Å². The van der Waals surface area contributed by atoms with Crippen molar-refractivity contribution in [2.24, 2.45) is 0 Å². The lowest BCUT2D eigenvalue weighted by molar-refractivity contribution is 0.0443. The Bertz CT molecular complexity index is 1290. The summed E-state index contributed by atoms with van der Waals surface area (Å²) in [6.45, 7) is 1.48. The van der Waals surface area contributed by atoms with E-state index >= 15 is 0 Å². The number of ether oxygens (including phenoxy) is 4. The number of methoxy groups -OCH3 is 3. The van der Waals surface area contributed by atoms with Crippen molar-refractivity contribution in [3.63, 3.8) is 0 Å². The zero-order valence-corrected chi connectivity index (χ0v) is 19.6. The molecule has 2 heterocycles. The minimum Gasteiger partial charge on any atom is -0.493 e. The number of rotatable bonds is 8. The molecule has 0 fully saturated rings. The molecular weight excluding hydrogens is 465 g/mol. The Hall–Kier alpha value is -3.99. The normalized spacial score (nSPS) is 10.7. The third kappa shape index (κ3) is 4.69. The van der Waals surface area contributed by atoms with E-state index in [-0.39, 0.29) is 24.2 Å². The molecule has 11 heteroatoms. The average molecular weight is 485 g/mol. The van der Waals surface area contributed by atoms with Gasteiger partial charge in [0.05, 0.1) is 27.0 Å². The van der Waals surface area contributed by atoms with Crippen molar-refractivity contribution in [2.75, 3.05) is 21.3 Å². The van der Waals surface area contributed by atoms with Gasteiger partial charge in [-0.2, -0.15) is 0 Å². The van der Waals surface area contributed by atoms with Crippen molar-refractivity contribution in [2.45, 2.75) is 13.5 Å². The maximum Gasteiger partial charge on any atom is 0.350 e. The van der Waals surface area contributed by atoms with Crippen LogP contribution in [0.1, 0.15) is 21.3 Å². The number of hydrogen-bond acceptors (Lipinski definition) is 10. The largest absolute Gasteiger partial charge is 0.493 e.